The maximum atomic E-state index is 11.4. The molecule has 0 saturated heterocycles. The van der Waals surface area contributed by atoms with E-state index in [0.29, 0.717) is 5.56 Å². The van der Waals surface area contributed by atoms with Gasteiger partial charge in [0, 0.05) is 0 Å². The number of rotatable bonds is 4. The fourth-order valence-corrected chi connectivity index (χ4v) is 1.18. The number of ether oxygens (including phenoxy) is 2. The summed E-state index contributed by atoms with van der Waals surface area (Å²) in [6.45, 7) is 0.151. The van der Waals surface area contributed by atoms with Gasteiger partial charge in [0.15, 0.2) is 0 Å². The van der Waals surface area contributed by atoms with Crippen molar-refractivity contribution < 1.29 is 19.1 Å². The third-order valence-electron chi connectivity index (χ3n) is 1.71. The molecular weight excluding hydrogens is 228 g/mol. The number of thioether (sulfide) groups is 1. The van der Waals surface area contributed by atoms with Crippen molar-refractivity contribution >= 4 is 23.0 Å². The van der Waals surface area contributed by atoms with Gasteiger partial charge < -0.3 is 9.47 Å². The monoisotopic (exact) mass is 240 g/mol. The van der Waals surface area contributed by atoms with Gasteiger partial charge in [-0.05, 0) is 30.2 Å². The first-order valence-electron chi connectivity index (χ1n) is 4.67. The zero-order valence-electron chi connectivity index (χ0n) is 8.84. The van der Waals surface area contributed by atoms with Gasteiger partial charge in [-0.25, -0.2) is 9.59 Å². The fourth-order valence-electron chi connectivity index (χ4n) is 0.976. The third kappa shape index (κ3) is 4.35. The van der Waals surface area contributed by atoms with Crippen molar-refractivity contribution in [3.8, 4) is 0 Å². The highest BCUT2D eigenvalue weighted by molar-refractivity contribution is 8.12. The first kappa shape index (κ1) is 12.6. The van der Waals surface area contributed by atoms with Crippen molar-refractivity contribution in [2.24, 2.45) is 0 Å². The molecule has 0 spiro atoms. The molecule has 1 aromatic carbocycles. The largest absolute Gasteiger partial charge is 0.458 e. The van der Waals surface area contributed by atoms with E-state index in [9.17, 15) is 9.59 Å². The van der Waals surface area contributed by atoms with Gasteiger partial charge in [-0.2, -0.15) is 0 Å². The molecular formula is C11H12O4S. The summed E-state index contributed by atoms with van der Waals surface area (Å²) in [5.41, 5.74) is 0.485. The number of hydrogen-bond donors (Lipinski definition) is 0. The van der Waals surface area contributed by atoms with Gasteiger partial charge in [0.1, 0.15) is 13.2 Å². The molecule has 0 heterocycles. The molecule has 0 saturated carbocycles. The number of hydrogen-bond acceptors (Lipinski definition) is 5. The van der Waals surface area contributed by atoms with Crippen LogP contribution in [0.1, 0.15) is 10.4 Å². The maximum absolute atomic E-state index is 11.4. The van der Waals surface area contributed by atoms with Gasteiger partial charge in [0.05, 0.1) is 5.56 Å². The molecule has 0 amide bonds. The second kappa shape index (κ2) is 6.90. The maximum Gasteiger partial charge on any atom is 0.367 e. The quantitative estimate of drug-likeness (QED) is 0.597. The number of benzene rings is 1. The topological polar surface area (TPSA) is 52.6 Å². The number of carbonyl (C=O) groups excluding carboxylic acids is 2. The summed E-state index contributed by atoms with van der Waals surface area (Å²) in [6.07, 6.45) is 1.62. The Morgan fingerprint density at radius 3 is 2.38 bits per heavy atom. The predicted molar refractivity (Wildman–Crippen MR) is 61.6 cm³/mol. The van der Waals surface area contributed by atoms with Crippen molar-refractivity contribution in [3.63, 3.8) is 0 Å². The fraction of sp³-hybridized carbons (Fsp3) is 0.273. The van der Waals surface area contributed by atoms with E-state index in [4.69, 9.17) is 9.47 Å². The van der Waals surface area contributed by atoms with Crippen LogP contribution in [0.5, 0.6) is 0 Å². The van der Waals surface area contributed by atoms with Gasteiger partial charge in [-0.1, -0.05) is 18.2 Å². The van der Waals surface area contributed by atoms with Gasteiger partial charge in [-0.3, -0.25) is 0 Å². The highest BCUT2D eigenvalue weighted by Crippen LogP contribution is 2.02. The summed E-state index contributed by atoms with van der Waals surface area (Å²) >= 11 is 0.978. The van der Waals surface area contributed by atoms with E-state index in [1.54, 1.807) is 30.5 Å². The van der Waals surface area contributed by atoms with Crippen LogP contribution in [-0.2, 0) is 9.47 Å². The van der Waals surface area contributed by atoms with Gasteiger partial charge in [-0.15, -0.1) is 0 Å². The van der Waals surface area contributed by atoms with Gasteiger partial charge in [0.2, 0.25) is 0 Å². The van der Waals surface area contributed by atoms with Crippen LogP contribution in [0.4, 0.5) is 4.79 Å². The Hall–Kier alpha value is -1.49. The van der Waals surface area contributed by atoms with Gasteiger partial charge in [0.25, 0.3) is 0 Å². The Kier molecular flexibility index (Phi) is 5.42. The normalized spacial score (nSPS) is 9.56. The number of carbonyl (C=O) groups is 2. The van der Waals surface area contributed by atoms with Crippen molar-refractivity contribution in [1.82, 2.24) is 0 Å². The van der Waals surface area contributed by atoms with E-state index in [2.05, 4.69) is 0 Å². The Balaban J connectivity index is 2.24. The minimum atomic E-state index is -0.416. The summed E-state index contributed by atoms with van der Waals surface area (Å²) in [7, 11) is 0. The van der Waals surface area contributed by atoms with Crippen LogP contribution in [-0.4, -0.2) is 30.7 Å². The Morgan fingerprint density at radius 2 is 1.75 bits per heavy atom. The minimum absolute atomic E-state index is 0.0695. The third-order valence-corrected chi connectivity index (χ3v) is 2.16. The molecule has 4 nitrogen and oxygen atoms in total. The summed E-state index contributed by atoms with van der Waals surface area (Å²) in [5, 5.41) is -0.379. The van der Waals surface area contributed by atoms with Crippen LogP contribution < -0.4 is 0 Å². The lowest BCUT2D eigenvalue weighted by Gasteiger charge is -2.04. The van der Waals surface area contributed by atoms with Crippen LogP contribution >= 0.6 is 11.8 Å². The SMILES string of the molecule is CSC(=O)OCCOC(=O)c1ccccc1. The van der Waals surface area contributed by atoms with E-state index < -0.39 is 5.97 Å². The smallest absolute Gasteiger partial charge is 0.367 e. The average Bonchev–Trinajstić information content (AvgIpc) is 2.35. The van der Waals surface area contributed by atoms with Crippen LogP contribution in [0.15, 0.2) is 30.3 Å². The molecule has 1 rings (SSSR count). The Morgan fingerprint density at radius 1 is 1.12 bits per heavy atom. The summed E-state index contributed by atoms with van der Waals surface area (Å²) in [5.74, 6) is -0.416. The molecule has 0 N–H and O–H groups in total. The Bertz CT molecular complexity index is 350. The molecule has 1 aromatic rings. The second-order valence-electron chi connectivity index (χ2n) is 2.80. The lowest BCUT2D eigenvalue weighted by Crippen LogP contribution is -2.11. The lowest BCUT2D eigenvalue weighted by molar-refractivity contribution is 0.0421. The van der Waals surface area contributed by atoms with E-state index in [-0.39, 0.29) is 18.5 Å². The molecule has 0 aliphatic heterocycles. The van der Waals surface area contributed by atoms with Crippen LogP contribution in [0.3, 0.4) is 0 Å². The van der Waals surface area contributed by atoms with Crippen molar-refractivity contribution in [2.75, 3.05) is 19.5 Å². The highest BCUT2D eigenvalue weighted by Gasteiger charge is 2.06. The Labute approximate surface area is 97.9 Å². The molecule has 0 aliphatic rings. The highest BCUT2D eigenvalue weighted by atomic mass is 32.2. The van der Waals surface area contributed by atoms with Crippen LogP contribution in [0.25, 0.3) is 0 Å². The molecule has 0 atom stereocenters. The molecule has 5 heteroatoms. The second-order valence-corrected chi connectivity index (χ2v) is 3.55. The van der Waals surface area contributed by atoms with E-state index in [1.807, 2.05) is 6.07 Å². The van der Waals surface area contributed by atoms with Crippen molar-refractivity contribution in [2.45, 2.75) is 0 Å². The molecule has 0 aromatic heterocycles. The molecule has 0 fully saturated rings. The summed E-state index contributed by atoms with van der Waals surface area (Å²) in [4.78, 5) is 22.1. The van der Waals surface area contributed by atoms with E-state index >= 15 is 0 Å². The zero-order chi connectivity index (χ0) is 11.8. The van der Waals surface area contributed by atoms with E-state index in [1.165, 1.54) is 0 Å². The molecule has 16 heavy (non-hydrogen) atoms. The lowest BCUT2D eigenvalue weighted by atomic mass is 10.2. The average molecular weight is 240 g/mol. The standard InChI is InChI=1S/C11H12O4S/c1-16-11(13)15-8-7-14-10(12)9-5-3-2-4-6-9/h2-6H,7-8H2,1H3. The summed E-state index contributed by atoms with van der Waals surface area (Å²) < 4.78 is 9.62. The molecule has 0 bridgehead atoms. The summed E-state index contributed by atoms with van der Waals surface area (Å²) in [6, 6.07) is 8.65. The van der Waals surface area contributed by atoms with Crippen LogP contribution in [0.2, 0.25) is 0 Å². The molecule has 86 valence electrons. The predicted octanol–water partition coefficient (Wildman–Crippen LogP) is 2.34. The van der Waals surface area contributed by atoms with Crippen molar-refractivity contribution in [1.29, 1.82) is 0 Å². The molecule has 0 unspecified atom stereocenters. The minimum Gasteiger partial charge on any atom is -0.458 e. The van der Waals surface area contributed by atoms with Gasteiger partial charge >= 0.3 is 11.3 Å². The van der Waals surface area contributed by atoms with E-state index in [0.717, 1.165) is 11.8 Å². The first-order valence-corrected chi connectivity index (χ1v) is 5.89. The van der Waals surface area contributed by atoms with Crippen molar-refractivity contribution in [3.05, 3.63) is 35.9 Å². The van der Waals surface area contributed by atoms with Crippen LogP contribution in [0, 0.1) is 0 Å². The number of esters is 1. The molecule has 0 radical (unpaired) electrons. The zero-order valence-corrected chi connectivity index (χ0v) is 9.66. The molecule has 0 aliphatic carbocycles. The first-order chi connectivity index (χ1) is 7.74.